The molecule has 0 radical (unpaired) electrons. The number of hydrogen-bond acceptors (Lipinski definition) is 4. The quantitative estimate of drug-likeness (QED) is 0.592. The summed E-state index contributed by atoms with van der Waals surface area (Å²) in [5.74, 6) is 0.324. The molecule has 0 unspecified atom stereocenters. The first-order valence-corrected chi connectivity index (χ1v) is 6.57. The Kier molecular flexibility index (Phi) is 5.74. The van der Waals surface area contributed by atoms with Crippen LogP contribution in [-0.2, 0) is 11.3 Å². The molecule has 0 saturated heterocycles. The highest BCUT2D eigenvalue weighted by atomic mass is 19.1. The van der Waals surface area contributed by atoms with Crippen LogP contribution in [0.5, 0.6) is 5.75 Å². The Morgan fingerprint density at radius 2 is 1.67 bits per heavy atom. The summed E-state index contributed by atoms with van der Waals surface area (Å²) in [5.41, 5.74) is 0.914. The molecule has 110 valence electrons. The van der Waals surface area contributed by atoms with Crippen molar-refractivity contribution in [3.05, 3.63) is 59.9 Å². The van der Waals surface area contributed by atoms with Gasteiger partial charge in [0.25, 0.3) is 0 Å². The second-order valence-electron chi connectivity index (χ2n) is 4.44. The van der Waals surface area contributed by atoms with Crippen LogP contribution in [0.4, 0.5) is 4.39 Å². The van der Waals surface area contributed by atoms with Gasteiger partial charge in [-0.15, -0.1) is 0 Å². The first-order valence-electron chi connectivity index (χ1n) is 6.57. The maximum Gasteiger partial charge on any atom is 0.488 e. The van der Waals surface area contributed by atoms with E-state index in [4.69, 9.17) is 19.5 Å². The smallest absolute Gasteiger partial charge is 0.488 e. The van der Waals surface area contributed by atoms with E-state index in [2.05, 4.69) is 0 Å². The Hall–Kier alpha value is -1.89. The van der Waals surface area contributed by atoms with E-state index in [1.54, 1.807) is 42.5 Å². The van der Waals surface area contributed by atoms with Crippen molar-refractivity contribution in [1.29, 1.82) is 0 Å². The summed E-state index contributed by atoms with van der Waals surface area (Å²) in [6.45, 7) is 0.861. The molecular formula is C15H16BFO4. The Labute approximate surface area is 122 Å². The number of rotatable bonds is 7. The van der Waals surface area contributed by atoms with Crippen molar-refractivity contribution < 1.29 is 23.9 Å². The molecule has 4 nitrogen and oxygen atoms in total. The van der Waals surface area contributed by atoms with Crippen molar-refractivity contribution in [2.75, 3.05) is 13.2 Å². The Morgan fingerprint density at radius 1 is 0.952 bits per heavy atom. The predicted octanol–water partition coefficient (Wildman–Crippen LogP) is 1.10. The SMILES string of the molecule is OB(O)c1ccc(OCCOCc2ccccc2F)cc1. The fraction of sp³-hybridized carbons (Fsp3) is 0.200. The highest BCUT2D eigenvalue weighted by Crippen LogP contribution is 2.09. The van der Waals surface area contributed by atoms with E-state index in [-0.39, 0.29) is 12.4 Å². The summed E-state index contributed by atoms with van der Waals surface area (Å²) in [7, 11) is -1.48. The zero-order valence-electron chi connectivity index (χ0n) is 11.4. The largest absolute Gasteiger partial charge is 0.491 e. The van der Waals surface area contributed by atoms with Gasteiger partial charge in [-0.2, -0.15) is 0 Å². The fourth-order valence-electron chi connectivity index (χ4n) is 1.75. The minimum atomic E-state index is -1.48. The molecule has 0 fully saturated rings. The van der Waals surface area contributed by atoms with Gasteiger partial charge in [0.2, 0.25) is 0 Å². The van der Waals surface area contributed by atoms with Gasteiger partial charge in [-0.05, 0) is 23.7 Å². The van der Waals surface area contributed by atoms with Gasteiger partial charge >= 0.3 is 7.12 Å². The summed E-state index contributed by atoms with van der Waals surface area (Å²) in [4.78, 5) is 0. The number of benzene rings is 2. The topological polar surface area (TPSA) is 58.9 Å². The lowest BCUT2D eigenvalue weighted by molar-refractivity contribution is 0.0872. The number of halogens is 1. The van der Waals surface area contributed by atoms with E-state index in [0.717, 1.165) is 0 Å². The number of hydrogen-bond donors (Lipinski definition) is 2. The van der Waals surface area contributed by atoms with E-state index in [1.807, 2.05) is 0 Å². The maximum atomic E-state index is 13.3. The Morgan fingerprint density at radius 3 is 2.33 bits per heavy atom. The molecule has 0 aliphatic heterocycles. The van der Waals surface area contributed by atoms with E-state index in [9.17, 15) is 4.39 Å². The molecule has 2 rings (SSSR count). The third-order valence-electron chi connectivity index (χ3n) is 2.89. The van der Waals surface area contributed by atoms with Crippen LogP contribution in [0, 0.1) is 5.82 Å². The van der Waals surface area contributed by atoms with E-state index < -0.39 is 7.12 Å². The lowest BCUT2D eigenvalue weighted by Crippen LogP contribution is -2.29. The molecule has 0 bridgehead atoms. The van der Waals surface area contributed by atoms with Gasteiger partial charge < -0.3 is 19.5 Å². The molecule has 6 heteroatoms. The van der Waals surface area contributed by atoms with E-state index in [0.29, 0.717) is 30.0 Å². The van der Waals surface area contributed by atoms with Crippen LogP contribution in [0.2, 0.25) is 0 Å². The average molecular weight is 290 g/mol. The fourth-order valence-corrected chi connectivity index (χ4v) is 1.75. The summed E-state index contributed by atoms with van der Waals surface area (Å²) >= 11 is 0. The van der Waals surface area contributed by atoms with E-state index in [1.165, 1.54) is 6.07 Å². The molecule has 0 heterocycles. The highest BCUT2D eigenvalue weighted by molar-refractivity contribution is 6.58. The van der Waals surface area contributed by atoms with Gasteiger partial charge in [0.15, 0.2) is 0 Å². The van der Waals surface area contributed by atoms with Crippen LogP contribution in [0.3, 0.4) is 0 Å². The highest BCUT2D eigenvalue weighted by Gasteiger charge is 2.09. The summed E-state index contributed by atoms with van der Waals surface area (Å²) < 4.78 is 24.1. The van der Waals surface area contributed by atoms with Crippen molar-refractivity contribution in [1.82, 2.24) is 0 Å². The van der Waals surface area contributed by atoms with Crippen LogP contribution in [-0.4, -0.2) is 30.4 Å². The van der Waals surface area contributed by atoms with Crippen molar-refractivity contribution in [3.8, 4) is 5.75 Å². The summed E-state index contributed by atoms with van der Waals surface area (Å²) in [6, 6.07) is 12.9. The van der Waals surface area contributed by atoms with Gasteiger partial charge in [0.1, 0.15) is 18.2 Å². The van der Waals surface area contributed by atoms with Crippen molar-refractivity contribution in [3.63, 3.8) is 0 Å². The summed E-state index contributed by atoms with van der Waals surface area (Å²) in [5, 5.41) is 17.9. The molecular weight excluding hydrogens is 274 g/mol. The van der Waals surface area contributed by atoms with Gasteiger partial charge in [-0.3, -0.25) is 0 Å². The molecule has 0 atom stereocenters. The molecule has 2 aromatic carbocycles. The Balaban J connectivity index is 1.69. The molecule has 2 N–H and O–H groups in total. The standard InChI is InChI=1S/C15H16BFO4/c17-15-4-2-1-3-12(15)11-20-9-10-21-14-7-5-13(6-8-14)16(18)19/h1-8,18-19H,9-11H2. The predicted molar refractivity (Wildman–Crippen MR) is 77.8 cm³/mol. The van der Waals surface area contributed by atoms with Crippen molar-refractivity contribution in [2.24, 2.45) is 0 Å². The van der Waals surface area contributed by atoms with Crippen LogP contribution >= 0.6 is 0 Å². The normalized spacial score (nSPS) is 10.4. The third-order valence-corrected chi connectivity index (χ3v) is 2.89. The van der Waals surface area contributed by atoms with Gasteiger partial charge in [-0.25, -0.2) is 4.39 Å². The lowest BCUT2D eigenvalue weighted by Gasteiger charge is -2.08. The molecule has 0 aromatic heterocycles. The van der Waals surface area contributed by atoms with E-state index >= 15 is 0 Å². The van der Waals surface area contributed by atoms with Crippen LogP contribution < -0.4 is 10.2 Å². The minimum absolute atomic E-state index is 0.200. The first kappa shape index (κ1) is 15.5. The Bertz CT molecular complexity index is 560. The van der Waals surface area contributed by atoms with Gasteiger partial charge in [-0.1, -0.05) is 30.3 Å². The molecule has 0 aliphatic rings. The van der Waals surface area contributed by atoms with Crippen LogP contribution in [0.1, 0.15) is 5.56 Å². The zero-order chi connectivity index (χ0) is 15.1. The average Bonchev–Trinajstić information content (AvgIpc) is 2.49. The first-order chi connectivity index (χ1) is 10.2. The number of ether oxygens (including phenoxy) is 2. The van der Waals surface area contributed by atoms with Crippen molar-refractivity contribution in [2.45, 2.75) is 6.61 Å². The van der Waals surface area contributed by atoms with Crippen molar-refractivity contribution >= 4 is 12.6 Å². The van der Waals surface area contributed by atoms with Crippen LogP contribution in [0.25, 0.3) is 0 Å². The van der Waals surface area contributed by atoms with Crippen LogP contribution in [0.15, 0.2) is 48.5 Å². The summed E-state index contributed by atoms with van der Waals surface area (Å²) in [6.07, 6.45) is 0. The molecule has 0 aliphatic carbocycles. The van der Waals surface area contributed by atoms with Gasteiger partial charge in [0.05, 0.1) is 13.2 Å². The monoisotopic (exact) mass is 290 g/mol. The molecule has 0 amide bonds. The zero-order valence-corrected chi connectivity index (χ0v) is 11.4. The minimum Gasteiger partial charge on any atom is -0.491 e. The van der Waals surface area contributed by atoms with Gasteiger partial charge in [0, 0.05) is 5.56 Å². The molecule has 2 aromatic rings. The second-order valence-corrected chi connectivity index (χ2v) is 4.44. The lowest BCUT2D eigenvalue weighted by atomic mass is 9.80. The third kappa shape index (κ3) is 4.86. The molecule has 0 saturated carbocycles. The molecule has 21 heavy (non-hydrogen) atoms. The second kappa shape index (κ2) is 7.78. The maximum absolute atomic E-state index is 13.3. The molecule has 0 spiro atoms.